The summed E-state index contributed by atoms with van der Waals surface area (Å²) in [7, 11) is -3.28. The van der Waals surface area contributed by atoms with Gasteiger partial charge in [-0.2, -0.15) is 0 Å². The van der Waals surface area contributed by atoms with E-state index in [-0.39, 0.29) is 18.2 Å². The lowest BCUT2D eigenvalue weighted by Gasteiger charge is -2.19. The highest BCUT2D eigenvalue weighted by atomic mass is 32.2. The maximum Gasteiger partial charge on any atom is 0.272 e. The highest BCUT2D eigenvalue weighted by Crippen LogP contribution is 2.29. The Bertz CT molecular complexity index is 776. The number of pyridine rings is 1. The third kappa shape index (κ3) is 3.42. The van der Waals surface area contributed by atoms with Crippen molar-refractivity contribution in [2.45, 2.75) is 11.7 Å². The van der Waals surface area contributed by atoms with Crippen molar-refractivity contribution in [1.82, 2.24) is 9.88 Å². The van der Waals surface area contributed by atoms with E-state index in [1.807, 2.05) is 30.3 Å². The van der Waals surface area contributed by atoms with Crippen LogP contribution in [0.25, 0.3) is 0 Å². The molecule has 1 aliphatic heterocycles. The molecule has 120 valence electrons. The van der Waals surface area contributed by atoms with Gasteiger partial charge in [-0.15, -0.1) is 0 Å². The van der Waals surface area contributed by atoms with Gasteiger partial charge >= 0.3 is 0 Å². The van der Waals surface area contributed by atoms with Crippen molar-refractivity contribution in [2.24, 2.45) is 0 Å². The average Bonchev–Trinajstić information content (AvgIpc) is 2.74. The summed E-state index contributed by atoms with van der Waals surface area (Å²) in [6.07, 6.45) is 1.97. The maximum absolute atomic E-state index is 12.6. The maximum atomic E-state index is 12.6. The summed E-state index contributed by atoms with van der Waals surface area (Å²) in [5.41, 5.74) is 1.14. The third-order valence-electron chi connectivity index (χ3n) is 4.08. The van der Waals surface area contributed by atoms with Gasteiger partial charge in [0.2, 0.25) is 0 Å². The molecule has 0 spiro atoms. The third-order valence-corrected chi connectivity index (χ3v) is 6.21. The fraction of sp³-hybridized carbons (Fsp3) is 0.294. The Labute approximate surface area is 135 Å². The van der Waals surface area contributed by atoms with E-state index in [1.165, 1.54) is 0 Å². The zero-order chi connectivity index (χ0) is 16.3. The van der Waals surface area contributed by atoms with Gasteiger partial charge in [-0.05, 0) is 24.1 Å². The zero-order valence-corrected chi connectivity index (χ0v) is 13.4. The van der Waals surface area contributed by atoms with Crippen LogP contribution >= 0.6 is 0 Å². The molecule has 0 aliphatic carbocycles. The van der Waals surface area contributed by atoms with Gasteiger partial charge in [-0.1, -0.05) is 36.4 Å². The standard InChI is InChI=1S/C17H18N2O3S/c20-17(15-8-4-5-10-18-15)19-11-9-16(23(21,22)13-12-19)14-6-2-1-3-7-14/h1-8,10,16H,9,11-13H2. The molecule has 0 saturated carbocycles. The minimum atomic E-state index is -3.28. The average molecular weight is 330 g/mol. The molecular formula is C17H18N2O3S. The van der Waals surface area contributed by atoms with Gasteiger partial charge < -0.3 is 4.90 Å². The Balaban J connectivity index is 1.82. The first kappa shape index (κ1) is 15.7. The van der Waals surface area contributed by atoms with E-state index in [0.717, 1.165) is 5.56 Å². The normalized spacial score (nSPS) is 20.7. The Hall–Kier alpha value is -2.21. The van der Waals surface area contributed by atoms with Gasteiger partial charge in [-0.3, -0.25) is 9.78 Å². The van der Waals surface area contributed by atoms with Crippen molar-refractivity contribution in [3.05, 3.63) is 66.0 Å². The quantitative estimate of drug-likeness (QED) is 0.845. The molecule has 6 heteroatoms. The summed E-state index contributed by atoms with van der Waals surface area (Å²) in [5.74, 6) is -0.236. The summed E-state index contributed by atoms with van der Waals surface area (Å²) in [5, 5.41) is -0.551. The van der Waals surface area contributed by atoms with E-state index in [4.69, 9.17) is 0 Å². The summed E-state index contributed by atoms with van der Waals surface area (Å²) < 4.78 is 25.1. The van der Waals surface area contributed by atoms with E-state index in [9.17, 15) is 13.2 Å². The predicted molar refractivity (Wildman–Crippen MR) is 87.7 cm³/mol. The number of hydrogen-bond donors (Lipinski definition) is 0. The van der Waals surface area contributed by atoms with Crippen LogP contribution in [0.1, 0.15) is 27.7 Å². The van der Waals surface area contributed by atoms with Gasteiger partial charge in [0, 0.05) is 19.3 Å². The van der Waals surface area contributed by atoms with Crippen molar-refractivity contribution in [1.29, 1.82) is 0 Å². The first-order valence-corrected chi connectivity index (χ1v) is 9.26. The number of sulfone groups is 1. The molecule has 23 heavy (non-hydrogen) atoms. The van der Waals surface area contributed by atoms with Crippen LogP contribution in [0, 0.1) is 0 Å². The molecule has 1 fully saturated rings. The second kappa shape index (κ2) is 6.50. The van der Waals surface area contributed by atoms with Crippen molar-refractivity contribution in [3.63, 3.8) is 0 Å². The van der Waals surface area contributed by atoms with E-state index < -0.39 is 15.1 Å². The Morgan fingerprint density at radius 2 is 1.78 bits per heavy atom. The van der Waals surface area contributed by atoms with Gasteiger partial charge in [-0.25, -0.2) is 8.42 Å². The fourth-order valence-electron chi connectivity index (χ4n) is 2.84. The number of carbonyl (C=O) groups excluding carboxylic acids is 1. The molecule has 1 saturated heterocycles. The molecule has 1 unspecified atom stereocenters. The molecular weight excluding hydrogens is 312 g/mol. The molecule has 1 aromatic heterocycles. The molecule has 5 nitrogen and oxygen atoms in total. The van der Waals surface area contributed by atoms with Crippen LogP contribution in [-0.4, -0.2) is 43.1 Å². The van der Waals surface area contributed by atoms with E-state index in [1.54, 1.807) is 29.3 Å². The van der Waals surface area contributed by atoms with Gasteiger partial charge in [0.05, 0.1) is 11.0 Å². The van der Waals surface area contributed by atoms with Gasteiger partial charge in [0.25, 0.3) is 5.91 Å². The molecule has 0 bridgehead atoms. The van der Waals surface area contributed by atoms with Crippen molar-refractivity contribution in [2.75, 3.05) is 18.8 Å². The fourth-order valence-corrected chi connectivity index (χ4v) is 4.64. The van der Waals surface area contributed by atoms with Crippen LogP contribution in [0.2, 0.25) is 0 Å². The minimum absolute atomic E-state index is 0.0227. The second-order valence-corrected chi connectivity index (χ2v) is 7.87. The number of carbonyl (C=O) groups is 1. The smallest absolute Gasteiger partial charge is 0.272 e. The lowest BCUT2D eigenvalue weighted by molar-refractivity contribution is 0.0760. The highest BCUT2D eigenvalue weighted by molar-refractivity contribution is 7.91. The summed E-state index contributed by atoms with van der Waals surface area (Å²) in [6.45, 7) is 0.620. The van der Waals surface area contributed by atoms with Crippen LogP contribution in [0.5, 0.6) is 0 Å². The summed E-state index contributed by atoms with van der Waals surface area (Å²) in [4.78, 5) is 18.1. The number of nitrogens with zero attached hydrogens (tertiary/aromatic N) is 2. The van der Waals surface area contributed by atoms with E-state index in [0.29, 0.717) is 18.7 Å². The van der Waals surface area contributed by atoms with Crippen LogP contribution in [0.3, 0.4) is 0 Å². The van der Waals surface area contributed by atoms with Crippen molar-refractivity contribution in [3.8, 4) is 0 Å². The molecule has 0 N–H and O–H groups in total. The first-order valence-electron chi connectivity index (χ1n) is 7.55. The lowest BCUT2D eigenvalue weighted by atomic mass is 10.1. The molecule has 1 amide bonds. The van der Waals surface area contributed by atoms with Gasteiger partial charge in [0.15, 0.2) is 9.84 Å². The molecule has 1 atom stereocenters. The lowest BCUT2D eigenvalue weighted by Crippen LogP contribution is -2.34. The number of aromatic nitrogens is 1. The Morgan fingerprint density at radius 1 is 1.04 bits per heavy atom. The molecule has 2 aromatic rings. The van der Waals surface area contributed by atoms with Crippen molar-refractivity contribution >= 4 is 15.7 Å². The minimum Gasteiger partial charge on any atom is -0.336 e. The molecule has 1 aromatic carbocycles. The topological polar surface area (TPSA) is 67.3 Å². The summed E-state index contributed by atoms with van der Waals surface area (Å²) in [6, 6.07) is 14.4. The number of hydrogen-bond acceptors (Lipinski definition) is 4. The molecule has 1 aliphatic rings. The van der Waals surface area contributed by atoms with Crippen LogP contribution < -0.4 is 0 Å². The van der Waals surface area contributed by atoms with Gasteiger partial charge in [0.1, 0.15) is 5.69 Å². The first-order chi connectivity index (χ1) is 11.1. The zero-order valence-electron chi connectivity index (χ0n) is 12.6. The summed E-state index contributed by atoms with van der Waals surface area (Å²) >= 11 is 0. The Kier molecular flexibility index (Phi) is 4.43. The van der Waals surface area contributed by atoms with Crippen LogP contribution in [0.4, 0.5) is 0 Å². The van der Waals surface area contributed by atoms with Crippen LogP contribution in [0.15, 0.2) is 54.7 Å². The Morgan fingerprint density at radius 3 is 2.48 bits per heavy atom. The van der Waals surface area contributed by atoms with E-state index >= 15 is 0 Å². The molecule has 3 rings (SSSR count). The predicted octanol–water partition coefficient (Wildman–Crippen LogP) is 2.08. The van der Waals surface area contributed by atoms with Crippen molar-refractivity contribution < 1.29 is 13.2 Å². The number of amides is 1. The largest absolute Gasteiger partial charge is 0.336 e. The highest BCUT2D eigenvalue weighted by Gasteiger charge is 2.32. The number of rotatable bonds is 2. The second-order valence-electron chi connectivity index (χ2n) is 5.56. The monoisotopic (exact) mass is 330 g/mol. The number of benzene rings is 1. The van der Waals surface area contributed by atoms with E-state index in [2.05, 4.69) is 4.98 Å². The SMILES string of the molecule is O=C(c1ccccn1)N1CCC(c2ccccc2)S(=O)(=O)CC1. The molecule has 0 radical (unpaired) electrons. The molecule has 2 heterocycles. The van der Waals surface area contributed by atoms with Crippen LogP contribution in [-0.2, 0) is 9.84 Å².